The van der Waals surface area contributed by atoms with Gasteiger partial charge in [-0.05, 0) is 53.4 Å². The maximum Gasteiger partial charge on any atom is 0.269 e. The molecule has 2 amide bonds. The van der Waals surface area contributed by atoms with Crippen LogP contribution in [0.1, 0.15) is 47.2 Å². The Morgan fingerprint density at radius 2 is 1.59 bits per heavy atom. The van der Waals surface area contributed by atoms with E-state index in [-0.39, 0.29) is 17.0 Å². The zero-order valence-corrected chi connectivity index (χ0v) is 15.6. The first-order valence-corrected chi connectivity index (χ1v) is 8.62. The van der Waals surface area contributed by atoms with Crippen molar-refractivity contribution in [2.45, 2.75) is 26.2 Å². The summed E-state index contributed by atoms with van der Waals surface area (Å²) in [7, 11) is 0. The van der Waals surface area contributed by atoms with E-state index in [2.05, 4.69) is 31.2 Å². The van der Waals surface area contributed by atoms with E-state index in [9.17, 15) is 9.59 Å². The molecule has 6 heteroatoms. The molecule has 1 aromatic heterocycles. The van der Waals surface area contributed by atoms with Gasteiger partial charge in [-0.25, -0.2) is 4.68 Å². The number of nitrogens with one attached hydrogen (secondary N) is 1. The van der Waals surface area contributed by atoms with Gasteiger partial charge in [0.1, 0.15) is 5.69 Å². The van der Waals surface area contributed by atoms with Crippen LogP contribution in [0, 0.1) is 0 Å². The summed E-state index contributed by atoms with van der Waals surface area (Å²) in [6.45, 7) is 6.40. The van der Waals surface area contributed by atoms with Crippen molar-refractivity contribution in [1.29, 1.82) is 0 Å². The summed E-state index contributed by atoms with van der Waals surface area (Å²) in [6, 6.07) is 16.3. The van der Waals surface area contributed by atoms with E-state index < -0.39 is 5.91 Å². The molecule has 0 bridgehead atoms. The third-order valence-electron chi connectivity index (χ3n) is 4.24. The molecule has 2 aromatic carbocycles. The Morgan fingerprint density at radius 1 is 0.963 bits per heavy atom. The monoisotopic (exact) mass is 362 g/mol. The quantitative estimate of drug-likeness (QED) is 0.744. The van der Waals surface area contributed by atoms with E-state index >= 15 is 0 Å². The van der Waals surface area contributed by atoms with Gasteiger partial charge in [-0.2, -0.15) is 5.10 Å². The minimum absolute atomic E-state index is 0.0473. The maximum absolute atomic E-state index is 12.4. The third-order valence-corrected chi connectivity index (χ3v) is 4.24. The van der Waals surface area contributed by atoms with Crippen LogP contribution in [-0.4, -0.2) is 21.6 Å². The molecular formula is C21H22N4O2. The highest BCUT2D eigenvalue weighted by Crippen LogP contribution is 2.22. The molecule has 0 unspecified atom stereocenters. The normalized spacial score (nSPS) is 11.2. The fourth-order valence-corrected chi connectivity index (χ4v) is 2.62. The minimum Gasteiger partial charge on any atom is -0.364 e. The SMILES string of the molecule is CC(C)(C)c1ccc(C(=O)Nc2ccc(-n3ccc(C(N)=O)n3)cc2)cc1. The number of primary amides is 1. The van der Waals surface area contributed by atoms with Gasteiger partial charge in [0.2, 0.25) is 0 Å². The predicted molar refractivity (Wildman–Crippen MR) is 105 cm³/mol. The second-order valence-electron chi connectivity index (χ2n) is 7.34. The largest absolute Gasteiger partial charge is 0.364 e. The molecule has 6 nitrogen and oxygen atoms in total. The highest BCUT2D eigenvalue weighted by Gasteiger charge is 2.14. The lowest BCUT2D eigenvalue weighted by atomic mass is 9.87. The molecule has 3 aromatic rings. The van der Waals surface area contributed by atoms with Gasteiger partial charge >= 0.3 is 0 Å². The smallest absolute Gasteiger partial charge is 0.269 e. The number of nitrogens with zero attached hydrogens (tertiary/aromatic N) is 2. The zero-order chi connectivity index (χ0) is 19.6. The minimum atomic E-state index is -0.574. The van der Waals surface area contributed by atoms with Gasteiger partial charge < -0.3 is 11.1 Å². The van der Waals surface area contributed by atoms with Crippen molar-refractivity contribution in [3.8, 4) is 5.69 Å². The van der Waals surface area contributed by atoms with E-state index in [0.29, 0.717) is 11.3 Å². The van der Waals surface area contributed by atoms with Crippen molar-refractivity contribution >= 4 is 17.5 Å². The summed E-state index contributed by atoms with van der Waals surface area (Å²) < 4.78 is 1.55. The van der Waals surface area contributed by atoms with E-state index in [4.69, 9.17) is 5.73 Å². The van der Waals surface area contributed by atoms with Gasteiger partial charge in [0, 0.05) is 17.4 Å². The second-order valence-corrected chi connectivity index (χ2v) is 7.34. The number of anilines is 1. The molecular weight excluding hydrogens is 340 g/mol. The van der Waals surface area contributed by atoms with Crippen molar-refractivity contribution in [3.63, 3.8) is 0 Å². The van der Waals surface area contributed by atoms with Gasteiger partial charge in [0.05, 0.1) is 5.69 Å². The van der Waals surface area contributed by atoms with Crippen LogP contribution in [0.5, 0.6) is 0 Å². The van der Waals surface area contributed by atoms with E-state index in [1.165, 1.54) is 5.56 Å². The van der Waals surface area contributed by atoms with Crippen LogP contribution >= 0.6 is 0 Å². The number of rotatable bonds is 4. The number of hydrogen-bond donors (Lipinski definition) is 2. The molecule has 0 spiro atoms. The van der Waals surface area contributed by atoms with Crippen LogP contribution < -0.4 is 11.1 Å². The molecule has 0 saturated carbocycles. The van der Waals surface area contributed by atoms with Gasteiger partial charge in [-0.15, -0.1) is 0 Å². The highest BCUT2D eigenvalue weighted by molar-refractivity contribution is 6.04. The van der Waals surface area contributed by atoms with E-state index in [1.54, 1.807) is 41.2 Å². The summed E-state index contributed by atoms with van der Waals surface area (Å²) in [6.07, 6.45) is 1.66. The fourth-order valence-electron chi connectivity index (χ4n) is 2.62. The van der Waals surface area contributed by atoms with Crippen molar-refractivity contribution in [1.82, 2.24) is 9.78 Å². The number of carbonyl (C=O) groups excluding carboxylic acids is 2. The Labute approximate surface area is 158 Å². The summed E-state index contributed by atoms with van der Waals surface area (Å²) in [5.74, 6) is -0.742. The molecule has 3 rings (SSSR count). The summed E-state index contributed by atoms with van der Waals surface area (Å²) >= 11 is 0. The molecule has 0 atom stereocenters. The Kier molecular flexibility index (Phi) is 4.81. The summed E-state index contributed by atoms with van der Waals surface area (Å²) in [5, 5.41) is 6.98. The zero-order valence-electron chi connectivity index (χ0n) is 15.6. The number of hydrogen-bond acceptors (Lipinski definition) is 3. The molecule has 0 fully saturated rings. The molecule has 1 heterocycles. The summed E-state index contributed by atoms with van der Waals surface area (Å²) in [5.41, 5.74) is 8.67. The van der Waals surface area contributed by atoms with Crippen molar-refractivity contribution in [2.75, 3.05) is 5.32 Å². The molecule has 27 heavy (non-hydrogen) atoms. The van der Waals surface area contributed by atoms with Gasteiger partial charge in [0.15, 0.2) is 0 Å². The van der Waals surface area contributed by atoms with E-state index in [0.717, 1.165) is 5.69 Å². The standard InChI is InChI=1S/C21H22N4O2/c1-21(2,3)15-6-4-14(5-7-15)20(27)23-16-8-10-17(11-9-16)25-13-12-18(24-25)19(22)26/h4-13H,1-3H3,(H2,22,26)(H,23,27). The van der Waals surface area contributed by atoms with Gasteiger partial charge in [-0.3, -0.25) is 9.59 Å². The van der Waals surface area contributed by atoms with Crippen molar-refractivity contribution in [2.24, 2.45) is 5.73 Å². The number of nitrogens with two attached hydrogens (primary N) is 1. The predicted octanol–water partition coefficient (Wildman–Crippen LogP) is 3.52. The Bertz CT molecular complexity index is 965. The van der Waals surface area contributed by atoms with Crippen LogP contribution in [0.2, 0.25) is 0 Å². The van der Waals surface area contributed by atoms with Gasteiger partial charge in [0.25, 0.3) is 11.8 Å². The molecule has 0 aliphatic rings. The number of carbonyl (C=O) groups is 2. The number of benzene rings is 2. The van der Waals surface area contributed by atoms with Crippen LogP contribution in [0.15, 0.2) is 60.8 Å². The average molecular weight is 362 g/mol. The lowest BCUT2D eigenvalue weighted by Gasteiger charge is -2.19. The molecule has 0 aliphatic carbocycles. The van der Waals surface area contributed by atoms with Crippen LogP contribution in [-0.2, 0) is 5.41 Å². The van der Waals surface area contributed by atoms with Crippen molar-refractivity contribution < 1.29 is 9.59 Å². The van der Waals surface area contributed by atoms with Crippen molar-refractivity contribution in [3.05, 3.63) is 77.6 Å². The molecule has 138 valence electrons. The molecule has 3 N–H and O–H groups in total. The average Bonchev–Trinajstić information content (AvgIpc) is 3.12. The Balaban J connectivity index is 1.70. The highest BCUT2D eigenvalue weighted by atomic mass is 16.2. The molecule has 0 radical (unpaired) electrons. The lowest BCUT2D eigenvalue weighted by molar-refractivity contribution is 0.0993. The first-order valence-electron chi connectivity index (χ1n) is 8.62. The van der Waals surface area contributed by atoms with Crippen LogP contribution in [0.4, 0.5) is 5.69 Å². The fraction of sp³-hybridized carbons (Fsp3) is 0.190. The Hall–Kier alpha value is -3.41. The molecule has 0 aliphatic heterocycles. The first kappa shape index (κ1) is 18.4. The first-order chi connectivity index (χ1) is 12.7. The maximum atomic E-state index is 12.4. The Morgan fingerprint density at radius 3 is 2.11 bits per heavy atom. The lowest BCUT2D eigenvalue weighted by Crippen LogP contribution is -2.14. The number of amides is 2. The van der Waals surface area contributed by atoms with Crippen LogP contribution in [0.25, 0.3) is 5.69 Å². The molecule has 0 saturated heterocycles. The topological polar surface area (TPSA) is 90.0 Å². The van der Waals surface area contributed by atoms with Gasteiger partial charge in [-0.1, -0.05) is 32.9 Å². The third kappa shape index (κ3) is 4.23. The second kappa shape index (κ2) is 7.07. The van der Waals surface area contributed by atoms with E-state index in [1.807, 2.05) is 24.3 Å². The number of aromatic nitrogens is 2. The summed E-state index contributed by atoms with van der Waals surface area (Å²) in [4.78, 5) is 23.6. The van der Waals surface area contributed by atoms with Crippen LogP contribution in [0.3, 0.4) is 0 Å².